The van der Waals surface area contributed by atoms with Gasteiger partial charge in [0.1, 0.15) is 11.5 Å². The molecule has 0 radical (unpaired) electrons. The molecule has 0 heterocycles. The van der Waals surface area contributed by atoms with Crippen LogP contribution in [0.15, 0.2) is 18.2 Å². The lowest BCUT2D eigenvalue weighted by atomic mass is 10.2. The number of halogens is 6. The van der Waals surface area contributed by atoms with E-state index in [1.54, 1.807) is 0 Å². The minimum absolute atomic E-state index is 0.159. The fourth-order valence-corrected chi connectivity index (χ4v) is 1.22. The zero-order valence-electron chi connectivity index (χ0n) is 9.72. The minimum Gasteiger partial charge on any atom is -0.492 e. The van der Waals surface area contributed by atoms with Gasteiger partial charge in [-0.2, -0.15) is 13.2 Å². The minimum atomic E-state index is -4.93. The second-order valence-electron chi connectivity index (χ2n) is 3.58. The number of aldehydes is 1. The molecule has 1 aromatic rings. The Kier molecular flexibility index (Phi) is 4.85. The van der Waals surface area contributed by atoms with Gasteiger partial charge in [-0.15, -0.1) is 13.2 Å². The van der Waals surface area contributed by atoms with Crippen molar-refractivity contribution < 1.29 is 40.6 Å². The molecule has 0 aliphatic heterocycles. The maximum absolute atomic E-state index is 11.9. The topological polar surface area (TPSA) is 35.5 Å². The summed E-state index contributed by atoms with van der Waals surface area (Å²) in [6.07, 6.45) is -10.4. The molecule has 0 amide bonds. The van der Waals surface area contributed by atoms with E-state index in [2.05, 4.69) is 4.74 Å². The molecule has 0 aliphatic rings. The van der Waals surface area contributed by atoms with Crippen molar-refractivity contribution in [1.29, 1.82) is 0 Å². The first-order chi connectivity index (χ1) is 9.11. The Hall–Kier alpha value is -1.93. The first-order valence-corrected chi connectivity index (χ1v) is 5.15. The van der Waals surface area contributed by atoms with Gasteiger partial charge < -0.3 is 9.47 Å². The van der Waals surface area contributed by atoms with E-state index in [1.807, 2.05) is 0 Å². The standard InChI is InChI=1S/C11H8F6O3/c12-10(13,14)3-4-19-9-2-1-8(5-7(9)6-18)20-11(15,16)17/h1-2,5-6H,3-4H2. The van der Waals surface area contributed by atoms with Gasteiger partial charge in [0.2, 0.25) is 0 Å². The summed E-state index contributed by atoms with van der Waals surface area (Å²) < 4.78 is 79.8. The normalized spacial score (nSPS) is 12.1. The van der Waals surface area contributed by atoms with Crippen LogP contribution in [0.5, 0.6) is 11.5 Å². The van der Waals surface area contributed by atoms with Crippen molar-refractivity contribution in [3.8, 4) is 11.5 Å². The van der Waals surface area contributed by atoms with Crippen LogP contribution in [-0.2, 0) is 0 Å². The molecule has 0 spiro atoms. The van der Waals surface area contributed by atoms with Crippen molar-refractivity contribution in [2.45, 2.75) is 19.0 Å². The highest BCUT2D eigenvalue weighted by Crippen LogP contribution is 2.28. The van der Waals surface area contributed by atoms with E-state index in [9.17, 15) is 31.1 Å². The Labute approximate surface area is 109 Å². The molecule has 0 bridgehead atoms. The fraction of sp³-hybridized carbons (Fsp3) is 0.364. The molecule has 0 unspecified atom stereocenters. The third-order valence-electron chi connectivity index (χ3n) is 1.98. The van der Waals surface area contributed by atoms with Gasteiger partial charge >= 0.3 is 12.5 Å². The van der Waals surface area contributed by atoms with E-state index >= 15 is 0 Å². The quantitative estimate of drug-likeness (QED) is 0.614. The molecule has 20 heavy (non-hydrogen) atoms. The molecule has 0 fully saturated rings. The third kappa shape index (κ3) is 5.81. The highest BCUT2D eigenvalue weighted by Gasteiger charge is 2.31. The highest BCUT2D eigenvalue weighted by molar-refractivity contribution is 5.80. The largest absolute Gasteiger partial charge is 0.573 e. The number of carbonyl (C=O) groups excluding carboxylic acids is 1. The van der Waals surface area contributed by atoms with Crippen molar-refractivity contribution in [1.82, 2.24) is 0 Å². The predicted octanol–water partition coefficient (Wildman–Crippen LogP) is 3.73. The van der Waals surface area contributed by atoms with Gasteiger partial charge in [-0.05, 0) is 18.2 Å². The molecular formula is C11H8F6O3. The first kappa shape index (κ1) is 16.1. The Bertz CT molecular complexity index is 466. The summed E-state index contributed by atoms with van der Waals surface area (Å²) in [6, 6.07) is 2.49. The molecule has 0 saturated heterocycles. The van der Waals surface area contributed by atoms with E-state index < -0.39 is 31.3 Å². The Morgan fingerprint density at radius 2 is 1.75 bits per heavy atom. The summed E-state index contributed by atoms with van der Waals surface area (Å²) in [5, 5.41) is 0. The van der Waals surface area contributed by atoms with Crippen molar-refractivity contribution in [3.05, 3.63) is 23.8 Å². The van der Waals surface area contributed by atoms with Crippen LogP contribution in [0.2, 0.25) is 0 Å². The highest BCUT2D eigenvalue weighted by atomic mass is 19.4. The number of hydrogen-bond donors (Lipinski definition) is 0. The summed E-state index contributed by atoms with van der Waals surface area (Å²) in [6.45, 7) is -0.746. The number of hydrogen-bond acceptors (Lipinski definition) is 3. The first-order valence-electron chi connectivity index (χ1n) is 5.15. The van der Waals surface area contributed by atoms with Crippen LogP contribution < -0.4 is 9.47 Å². The second kappa shape index (κ2) is 6.02. The van der Waals surface area contributed by atoms with E-state index in [0.29, 0.717) is 0 Å². The van der Waals surface area contributed by atoms with E-state index in [0.717, 1.165) is 18.2 Å². The zero-order valence-corrected chi connectivity index (χ0v) is 9.72. The Morgan fingerprint density at radius 3 is 2.25 bits per heavy atom. The van der Waals surface area contributed by atoms with Gasteiger partial charge in [-0.3, -0.25) is 4.79 Å². The van der Waals surface area contributed by atoms with Gasteiger partial charge in [0.15, 0.2) is 6.29 Å². The summed E-state index contributed by atoms with van der Waals surface area (Å²) >= 11 is 0. The molecule has 0 N–H and O–H groups in total. The van der Waals surface area contributed by atoms with Gasteiger partial charge in [0.05, 0.1) is 18.6 Å². The summed E-state index contributed by atoms with van der Waals surface area (Å²) in [5.41, 5.74) is -0.339. The Morgan fingerprint density at radius 1 is 1.10 bits per heavy atom. The molecular weight excluding hydrogens is 294 g/mol. The van der Waals surface area contributed by atoms with Gasteiger partial charge in [-0.25, -0.2) is 0 Å². The maximum atomic E-state index is 11.9. The van der Waals surface area contributed by atoms with Crippen LogP contribution in [0.3, 0.4) is 0 Å². The Balaban J connectivity index is 2.76. The average molecular weight is 302 g/mol. The van der Waals surface area contributed by atoms with E-state index in [1.165, 1.54) is 0 Å². The lowest BCUT2D eigenvalue weighted by molar-refractivity contribution is -0.274. The summed E-state index contributed by atoms with van der Waals surface area (Å²) in [5.74, 6) is -0.915. The number of alkyl halides is 6. The van der Waals surface area contributed by atoms with Crippen LogP contribution in [-0.4, -0.2) is 25.4 Å². The second-order valence-corrected chi connectivity index (χ2v) is 3.58. The zero-order chi connectivity index (χ0) is 15.4. The summed E-state index contributed by atoms with van der Waals surface area (Å²) in [7, 11) is 0. The average Bonchev–Trinajstić information content (AvgIpc) is 2.27. The SMILES string of the molecule is O=Cc1cc(OC(F)(F)F)ccc1OCCC(F)(F)F. The van der Waals surface area contributed by atoms with Crippen molar-refractivity contribution >= 4 is 6.29 Å². The smallest absolute Gasteiger partial charge is 0.492 e. The molecule has 0 atom stereocenters. The van der Waals surface area contributed by atoms with Crippen LogP contribution in [0.4, 0.5) is 26.3 Å². The molecule has 0 aliphatic carbocycles. The molecule has 0 aromatic heterocycles. The number of ether oxygens (including phenoxy) is 2. The number of carbonyl (C=O) groups is 1. The number of rotatable bonds is 5. The third-order valence-corrected chi connectivity index (χ3v) is 1.98. The van der Waals surface area contributed by atoms with Crippen LogP contribution in [0, 0.1) is 0 Å². The van der Waals surface area contributed by atoms with Crippen LogP contribution in [0.25, 0.3) is 0 Å². The van der Waals surface area contributed by atoms with Gasteiger partial charge in [0, 0.05) is 0 Å². The van der Waals surface area contributed by atoms with Gasteiger partial charge in [0.25, 0.3) is 0 Å². The van der Waals surface area contributed by atoms with Crippen LogP contribution in [0.1, 0.15) is 16.8 Å². The van der Waals surface area contributed by atoms with Crippen LogP contribution >= 0.6 is 0 Å². The molecule has 3 nitrogen and oxygen atoms in total. The van der Waals surface area contributed by atoms with Crippen molar-refractivity contribution in [2.24, 2.45) is 0 Å². The molecule has 9 heteroatoms. The molecule has 112 valence electrons. The van der Waals surface area contributed by atoms with E-state index in [4.69, 9.17) is 4.74 Å². The van der Waals surface area contributed by atoms with Crippen molar-refractivity contribution in [3.63, 3.8) is 0 Å². The number of benzene rings is 1. The maximum Gasteiger partial charge on any atom is 0.573 e. The lowest BCUT2D eigenvalue weighted by Gasteiger charge is -2.12. The van der Waals surface area contributed by atoms with Gasteiger partial charge in [-0.1, -0.05) is 0 Å². The lowest BCUT2D eigenvalue weighted by Crippen LogP contribution is -2.17. The monoisotopic (exact) mass is 302 g/mol. The molecule has 1 rings (SSSR count). The van der Waals surface area contributed by atoms with E-state index in [-0.39, 0.29) is 17.6 Å². The van der Waals surface area contributed by atoms with Crippen molar-refractivity contribution in [2.75, 3.05) is 6.61 Å². The summed E-state index contributed by atoms with van der Waals surface area (Å²) in [4.78, 5) is 10.7. The fourth-order valence-electron chi connectivity index (χ4n) is 1.22. The molecule has 0 saturated carbocycles. The predicted molar refractivity (Wildman–Crippen MR) is 54.7 cm³/mol. The molecule has 1 aromatic carbocycles.